The Bertz CT molecular complexity index is 2610. The second kappa shape index (κ2) is 15.1. The maximum absolute atomic E-state index is 13.2. The van der Waals surface area contributed by atoms with Gasteiger partial charge in [-0.2, -0.15) is 0 Å². The van der Waals surface area contributed by atoms with Crippen LogP contribution < -0.4 is 20.1 Å². The number of amides is 2. The van der Waals surface area contributed by atoms with Gasteiger partial charge >= 0.3 is 11.9 Å². The van der Waals surface area contributed by atoms with E-state index in [1.54, 1.807) is 0 Å². The van der Waals surface area contributed by atoms with Crippen LogP contribution in [0.15, 0.2) is 36.4 Å². The SMILES string of the molecule is CC1=CC(C)(C)N(CCCCCC(=O)ON2C(=O)CCC2=O)c2cc3c(cc21)C(c1c(Cl)c(Cl)c(Cl)c(Cl)c1C(=O)O)=c1cc2c(cc1C3(C)C)=[N+](C)C(C)(C)C=C2C. The summed E-state index contributed by atoms with van der Waals surface area (Å²) in [6.07, 6.45) is 6.65. The average molecular weight is 881 g/mol. The molecule has 1 saturated heterocycles. The van der Waals surface area contributed by atoms with Crippen LogP contribution in [0.25, 0.3) is 16.7 Å². The predicted octanol–water partition coefficient (Wildman–Crippen LogP) is 9.37. The minimum Gasteiger partial charge on any atom is -0.478 e. The van der Waals surface area contributed by atoms with E-state index in [9.17, 15) is 24.3 Å². The molecular formula is C46H48Cl4N3O6+. The molecule has 7 rings (SSSR count). The van der Waals surface area contributed by atoms with Gasteiger partial charge in [-0.1, -0.05) is 72.7 Å². The van der Waals surface area contributed by atoms with E-state index in [-0.39, 0.29) is 61.6 Å². The van der Waals surface area contributed by atoms with Crippen LogP contribution in [0, 0.1) is 0 Å². The molecule has 3 heterocycles. The van der Waals surface area contributed by atoms with Gasteiger partial charge < -0.3 is 14.8 Å². The third kappa shape index (κ3) is 7.09. The zero-order valence-corrected chi connectivity index (χ0v) is 37.8. The lowest BCUT2D eigenvalue weighted by molar-refractivity contribution is -0.197. The minimum absolute atomic E-state index is 0.00330. The largest absolute Gasteiger partial charge is 0.478 e. The van der Waals surface area contributed by atoms with Crippen LogP contribution in [0.2, 0.25) is 20.1 Å². The first kappa shape index (κ1) is 43.0. The summed E-state index contributed by atoms with van der Waals surface area (Å²) in [4.78, 5) is 56.9. The number of halogens is 4. The topological polar surface area (TPSA) is 107 Å². The molecule has 1 N–H and O–H groups in total. The van der Waals surface area contributed by atoms with Crippen LogP contribution in [-0.2, 0) is 24.6 Å². The van der Waals surface area contributed by atoms with Gasteiger partial charge in [0.05, 0.1) is 31.2 Å². The highest BCUT2D eigenvalue weighted by Gasteiger charge is 2.42. The number of carboxylic acids is 1. The van der Waals surface area contributed by atoms with Gasteiger partial charge in [0.1, 0.15) is 7.05 Å². The number of benzene rings is 3. The van der Waals surface area contributed by atoms with Gasteiger partial charge in [0.2, 0.25) is 5.36 Å². The quantitative estimate of drug-likeness (QED) is 0.0751. The second-order valence-electron chi connectivity index (χ2n) is 17.7. The van der Waals surface area contributed by atoms with Gasteiger partial charge in [-0.15, -0.1) is 5.06 Å². The van der Waals surface area contributed by atoms with Gasteiger partial charge in [-0.05, 0) is 103 Å². The van der Waals surface area contributed by atoms with E-state index in [0.29, 0.717) is 30.0 Å². The van der Waals surface area contributed by atoms with Crippen LogP contribution in [-0.4, -0.2) is 58.6 Å². The fourth-order valence-corrected chi connectivity index (χ4v) is 10.4. The maximum Gasteiger partial charge on any atom is 0.337 e. The molecule has 59 heavy (non-hydrogen) atoms. The number of unbranched alkanes of at least 4 members (excludes halogenated alkanes) is 2. The van der Waals surface area contributed by atoms with E-state index in [1.807, 2.05) is 0 Å². The molecule has 0 saturated carbocycles. The van der Waals surface area contributed by atoms with E-state index >= 15 is 0 Å². The standard InChI is InChI=1S/C46H47Cl4N3O6/c1-23-21-44(3,4)51(9)31-19-29-27(17-25(23)31)36(37-38(43(57)58)40(48)42(50)41(49)39(37)47)28-18-26-24(2)22-45(5,6)52(32(26)20-30(28)46(29,7)8)16-12-10-11-13-35(56)59-53-33(54)14-15-34(53)55/h17-22H,10-16H2,1-9H3/p+1. The van der Waals surface area contributed by atoms with Crippen molar-refractivity contribution in [2.24, 2.45) is 0 Å². The summed E-state index contributed by atoms with van der Waals surface area (Å²) in [6.45, 7) is 17.9. The molecule has 3 aliphatic heterocycles. The molecule has 13 heteroatoms. The van der Waals surface area contributed by atoms with Gasteiger partial charge in [0, 0.05) is 73.5 Å². The molecule has 0 spiro atoms. The summed E-state index contributed by atoms with van der Waals surface area (Å²) < 4.78 is 2.27. The fourth-order valence-electron chi connectivity index (χ4n) is 9.32. The highest BCUT2D eigenvalue weighted by Crippen LogP contribution is 2.51. The summed E-state index contributed by atoms with van der Waals surface area (Å²) in [6, 6.07) is 8.76. The highest BCUT2D eigenvalue weighted by molar-refractivity contribution is 6.53. The summed E-state index contributed by atoms with van der Waals surface area (Å²) in [5, 5.41) is 12.9. The number of carbonyl (C=O) groups excluding carboxylic acids is 3. The number of hydroxylamine groups is 2. The van der Waals surface area contributed by atoms with Crippen molar-refractivity contribution in [2.75, 3.05) is 18.5 Å². The molecule has 1 fully saturated rings. The number of hydrogen-bond donors (Lipinski definition) is 1. The number of likely N-dealkylation sites (N-methyl/N-ethyl adjacent to an activating group) is 1. The van der Waals surface area contributed by atoms with Gasteiger partial charge in [0.25, 0.3) is 11.8 Å². The van der Waals surface area contributed by atoms with Crippen molar-refractivity contribution < 1.29 is 29.1 Å². The number of carboxylic acid groups (broad SMARTS) is 1. The smallest absolute Gasteiger partial charge is 0.337 e. The van der Waals surface area contributed by atoms with Crippen LogP contribution in [0.1, 0.15) is 138 Å². The summed E-state index contributed by atoms with van der Waals surface area (Å²) in [5.41, 5.74) is 7.34. The van der Waals surface area contributed by atoms with E-state index < -0.39 is 29.2 Å². The monoisotopic (exact) mass is 878 g/mol. The van der Waals surface area contributed by atoms with Crippen LogP contribution >= 0.6 is 46.4 Å². The molecule has 1 aliphatic carbocycles. The van der Waals surface area contributed by atoms with Crippen molar-refractivity contribution in [1.29, 1.82) is 0 Å². The third-order valence-corrected chi connectivity index (χ3v) is 14.4. The van der Waals surface area contributed by atoms with Gasteiger partial charge in [-0.3, -0.25) is 9.59 Å². The Labute approximate surface area is 364 Å². The molecule has 4 aliphatic rings. The number of carbonyl (C=O) groups is 4. The second-order valence-corrected chi connectivity index (χ2v) is 19.2. The Morgan fingerprint density at radius 3 is 2.05 bits per heavy atom. The molecule has 9 nitrogen and oxygen atoms in total. The number of fused-ring (bicyclic) bond motifs is 4. The Balaban J connectivity index is 1.39. The van der Waals surface area contributed by atoms with Crippen LogP contribution in [0.5, 0.6) is 0 Å². The highest BCUT2D eigenvalue weighted by atomic mass is 35.5. The van der Waals surface area contributed by atoms with Crippen LogP contribution in [0.3, 0.4) is 0 Å². The number of allylic oxidation sites excluding steroid dienone is 2. The van der Waals surface area contributed by atoms with E-state index in [1.165, 1.54) is 0 Å². The Hall–Kier alpha value is -4.15. The molecule has 3 aromatic rings. The maximum atomic E-state index is 13.2. The molecule has 3 aromatic carbocycles. The van der Waals surface area contributed by atoms with Crippen molar-refractivity contribution in [1.82, 2.24) is 9.64 Å². The molecule has 0 bridgehead atoms. The third-order valence-electron chi connectivity index (χ3n) is 12.6. The number of aromatic carboxylic acids is 1. The van der Waals surface area contributed by atoms with Crippen molar-refractivity contribution >= 4 is 92.6 Å². The van der Waals surface area contributed by atoms with Gasteiger partial charge in [-0.25, -0.2) is 14.2 Å². The van der Waals surface area contributed by atoms with E-state index in [4.69, 9.17) is 51.2 Å². The van der Waals surface area contributed by atoms with E-state index in [0.717, 1.165) is 61.6 Å². The number of hydrogen-bond acceptors (Lipinski definition) is 6. The van der Waals surface area contributed by atoms with Crippen molar-refractivity contribution in [2.45, 2.75) is 110 Å². The van der Waals surface area contributed by atoms with E-state index in [2.05, 4.69) is 108 Å². The average Bonchev–Trinajstić information content (AvgIpc) is 3.46. The number of nitrogens with zero attached hydrogens (tertiary/aromatic N) is 3. The van der Waals surface area contributed by atoms with Crippen LogP contribution in [0.4, 0.5) is 5.69 Å². The lowest BCUT2D eigenvalue weighted by Gasteiger charge is -2.45. The Morgan fingerprint density at radius 1 is 0.780 bits per heavy atom. The van der Waals surface area contributed by atoms with Crippen molar-refractivity contribution in [3.8, 4) is 0 Å². The zero-order chi connectivity index (χ0) is 43.3. The molecule has 310 valence electrons. The molecule has 0 unspecified atom stereocenters. The lowest BCUT2D eigenvalue weighted by atomic mass is 9.67. The first-order valence-electron chi connectivity index (χ1n) is 19.8. The fraction of sp³-hybridized carbons (Fsp3) is 0.413. The van der Waals surface area contributed by atoms with Gasteiger partial charge in [0.15, 0.2) is 5.54 Å². The lowest BCUT2D eigenvalue weighted by Crippen LogP contribution is -2.48. The van der Waals surface area contributed by atoms with Crippen molar-refractivity contribution in [3.63, 3.8) is 0 Å². The number of imide groups is 1. The first-order chi connectivity index (χ1) is 27.5. The molecule has 0 atom stereocenters. The van der Waals surface area contributed by atoms with Crippen molar-refractivity contribution in [3.05, 3.63) is 106 Å². The Kier molecular flexibility index (Phi) is 11.0. The Morgan fingerprint density at radius 2 is 1.41 bits per heavy atom. The first-order valence-corrected chi connectivity index (χ1v) is 21.3. The normalized spacial score (nSPS) is 18.5. The minimum atomic E-state index is -1.28. The molecule has 0 aromatic heterocycles. The zero-order valence-electron chi connectivity index (χ0n) is 34.8. The summed E-state index contributed by atoms with van der Waals surface area (Å²) in [5.74, 6) is -2.88. The molecule has 0 radical (unpaired) electrons. The summed E-state index contributed by atoms with van der Waals surface area (Å²) >= 11 is 27.2. The molecular weight excluding hydrogens is 832 g/mol. The number of anilines is 1. The number of rotatable bonds is 9. The summed E-state index contributed by atoms with van der Waals surface area (Å²) in [7, 11) is 2.09. The molecule has 2 amide bonds. The predicted molar refractivity (Wildman–Crippen MR) is 235 cm³/mol.